The molecule has 0 aromatic carbocycles. The van der Waals surface area contributed by atoms with E-state index in [0.29, 0.717) is 13.1 Å². The zero-order valence-corrected chi connectivity index (χ0v) is 7.34. The summed E-state index contributed by atoms with van der Waals surface area (Å²) in [4.78, 5) is 12.5. The van der Waals surface area contributed by atoms with Crippen molar-refractivity contribution in [1.82, 2.24) is 4.90 Å². The second-order valence-electron chi connectivity index (χ2n) is 2.51. The first-order valence-corrected chi connectivity index (χ1v) is 4.13. The Hall–Kier alpha value is -0.0900. The first kappa shape index (κ1) is 8.01. The van der Waals surface area contributed by atoms with Crippen molar-refractivity contribution in [3.8, 4) is 0 Å². The molecular weight excluding hydrogens is 198 g/mol. The molecule has 58 valence electrons. The number of halogens is 1. The van der Waals surface area contributed by atoms with Crippen LogP contribution in [0.5, 0.6) is 0 Å². The van der Waals surface area contributed by atoms with E-state index < -0.39 is 0 Å². The number of rotatable bonds is 1. The predicted molar refractivity (Wildman–Crippen MR) is 41.0 cm³/mol. The zero-order valence-electron chi connectivity index (χ0n) is 5.75. The average Bonchev–Trinajstić information content (AvgIpc) is 1.79. The number of nitrogens with zero attached hydrogens (tertiary/aromatic N) is 1. The molecule has 1 atom stereocenters. The number of hydrogen-bond acceptors (Lipinski definition) is 2. The van der Waals surface area contributed by atoms with Gasteiger partial charge in [0, 0.05) is 13.1 Å². The third-order valence-corrected chi connectivity index (χ3v) is 1.91. The van der Waals surface area contributed by atoms with Crippen molar-refractivity contribution in [3.63, 3.8) is 0 Å². The van der Waals surface area contributed by atoms with Crippen LogP contribution in [0.4, 0.5) is 0 Å². The number of β-amino-alcohol motifs (C(OH)–C–C–N with tert-alkyl or cyclic N) is 1. The van der Waals surface area contributed by atoms with Gasteiger partial charge in [-0.15, -0.1) is 0 Å². The van der Waals surface area contributed by atoms with Crippen LogP contribution in [0.2, 0.25) is 0 Å². The number of alkyl halides is 1. The Bertz CT molecular complexity index is 143. The molecule has 1 rings (SSSR count). The van der Waals surface area contributed by atoms with Gasteiger partial charge in [-0.05, 0) is 6.92 Å². The van der Waals surface area contributed by atoms with Crippen molar-refractivity contribution in [3.05, 3.63) is 0 Å². The lowest BCUT2D eigenvalue weighted by Crippen LogP contribution is -2.55. The fraction of sp³-hybridized carbons (Fsp3) is 0.833. The van der Waals surface area contributed by atoms with E-state index in [1.54, 1.807) is 11.8 Å². The molecule has 1 fully saturated rings. The van der Waals surface area contributed by atoms with E-state index in [9.17, 15) is 4.79 Å². The Morgan fingerprint density at radius 1 is 1.80 bits per heavy atom. The molecule has 0 aromatic heterocycles. The molecule has 0 bridgehead atoms. The molecule has 0 spiro atoms. The molecule has 10 heavy (non-hydrogen) atoms. The Balaban J connectivity index is 2.31. The van der Waals surface area contributed by atoms with Gasteiger partial charge in [0.05, 0.1) is 10.9 Å². The van der Waals surface area contributed by atoms with Crippen LogP contribution in [0.1, 0.15) is 6.92 Å². The number of hydrogen-bond donors (Lipinski definition) is 1. The van der Waals surface area contributed by atoms with Crippen molar-refractivity contribution in [2.24, 2.45) is 0 Å². The van der Waals surface area contributed by atoms with Crippen LogP contribution in [0.15, 0.2) is 0 Å². The van der Waals surface area contributed by atoms with Gasteiger partial charge in [0.1, 0.15) is 0 Å². The number of amides is 1. The van der Waals surface area contributed by atoms with Crippen LogP contribution in [0.3, 0.4) is 0 Å². The summed E-state index contributed by atoms with van der Waals surface area (Å²) in [5.74, 6) is 0.0605. The van der Waals surface area contributed by atoms with Crippen LogP contribution < -0.4 is 0 Å². The van der Waals surface area contributed by atoms with E-state index >= 15 is 0 Å². The Labute approximate surface area is 68.1 Å². The molecule has 1 amide bonds. The summed E-state index contributed by atoms with van der Waals surface area (Å²) in [7, 11) is 0. The standard InChI is InChI=1S/C6H10BrNO2/c1-4(7)6(10)8-2-5(9)3-8/h4-5,9H,2-3H2,1H3. The molecule has 1 aliphatic rings. The molecule has 0 radical (unpaired) electrons. The number of carbonyl (C=O) groups is 1. The third-order valence-electron chi connectivity index (χ3n) is 1.51. The van der Waals surface area contributed by atoms with E-state index in [1.807, 2.05) is 0 Å². The van der Waals surface area contributed by atoms with Gasteiger partial charge in [-0.3, -0.25) is 4.79 Å². The fourth-order valence-corrected chi connectivity index (χ4v) is 1.18. The molecule has 3 nitrogen and oxygen atoms in total. The maximum atomic E-state index is 11.0. The maximum absolute atomic E-state index is 11.0. The Kier molecular flexibility index (Phi) is 2.31. The summed E-state index contributed by atoms with van der Waals surface area (Å²) < 4.78 is 0. The van der Waals surface area contributed by atoms with Gasteiger partial charge in [0.25, 0.3) is 0 Å². The molecular formula is C6H10BrNO2. The SMILES string of the molecule is CC(Br)C(=O)N1CC(O)C1. The second-order valence-corrected chi connectivity index (χ2v) is 3.89. The molecule has 1 N–H and O–H groups in total. The van der Waals surface area contributed by atoms with Gasteiger partial charge < -0.3 is 10.0 Å². The highest BCUT2D eigenvalue weighted by atomic mass is 79.9. The van der Waals surface area contributed by atoms with E-state index in [-0.39, 0.29) is 16.8 Å². The molecule has 4 heteroatoms. The van der Waals surface area contributed by atoms with Crippen LogP contribution in [0.25, 0.3) is 0 Å². The van der Waals surface area contributed by atoms with Gasteiger partial charge in [0.15, 0.2) is 0 Å². The van der Waals surface area contributed by atoms with Crippen molar-refractivity contribution in [1.29, 1.82) is 0 Å². The highest BCUT2D eigenvalue weighted by molar-refractivity contribution is 9.10. The average molecular weight is 208 g/mol. The quantitative estimate of drug-likeness (QED) is 0.615. The zero-order chi connectivity index (χ0) is 7.72. The van der Waals surface area contributed by atoms with E-state index in [4.69, 9.17) is 5.11 Å². The topological polar surface area (TPSA) is 40.5 Å². The highest BCUT2D eigenvalue weighted by Crippen LogP contribution is 2.12. The lowest BCUT2D eigenvalue weighted by atomic mass is 10.1. The summed E-state index contributed by atoms with van der Waals surface area (Å²) >= 11 is 3.16. The van der Waals surface area contributed by atoms with E-state index in [2.05, 4.69) is 15.9 Å². The smallest absolute Gasteiger partial charge is 0.236 e. The van der Waals surface area contributed by atoms with Gasteiger partial charge in [0.2, 0.25) is 5.91 Å². The van der Waals surface area contributed by atoms with E-state index in [1.165, 1.54) is 0 Å². The lowest BCUT2D eigenvalue weighted by molar-refractivity contribution is -0.140. The Morgan fingerprint density at radius 2 is 2.30 bits per heavy atom. The number of aliphatic hydroxyl groups is 1. The Morgan fingerprint density at radius 3 is 2.60 bits per heavy atom. The van der Waals surface area contributed by atoms with Gasteiger partial charge in [-0.25, -0.2) is 0 Å². The van der Waals surface area contributed by atoms with E-state index in [0.717, 1.165) is 0 Å². The summed E-state index contributed by atoms with van der Waals surface area (Å²) in [5.41, 5.74) is 0. The number of carbonyl (C=O) groups excluding carboxylic acids is 1. The summed E-state index contributed by atoms with van der Waals surface area (Å²) in [5, 5.41) is 8.84. The molecule has 0 aromatic rings. The van der Waals surface area contributed by atoms with Crippen LogP contribution in [0, 0.1) is 0 Å². The van der Waals surface area contributed by atoms with Gasteiger partial charge in [-0.1, -0.05) is 15.9 Å². The normalized spacial score (nSPS) is 22.1. The molecule has 1 saturated heterocycles. The summed E-state index contributed by atoms with van der Waals surface area (Å²) in [6.45, 7) is 2.77. The largest absolute Gasteiger partial charge is 0.389 e. The monoisotopic (exact) mass is 207 g/mol. The van der Waals surface area contributed by atoms with Gasteiger partial charge in [-0.2, -0.15) is 0 Å². The minimum Gasteiger partial charge on any atom is -0.389 e. The molecule has 1 heterocycles. The first-order valence-electron chi connectivity index (χ1n) is 3.22. The predicted octanol–water partition coefficient (Wildman–Crippen LogP) is -0.0271. The molecule has 1 unspecified atom stereocenters. The van der Waals surface area contributed by atoms with Crippen LogP contribution >= 0.6 is 15.9 Å². The molecule has 1 aliphatic heterocycles. The lowest BCUT2D eigenvalue weighted by Gasteiger charge is -2.36. The maximum Gasteiger partial charge on any atom is 0.236 e. The fourth-order valence-electron chi connectivity index (χ4n) is 0.887. The minimum absolute atomic E-state index is 0.0605. The van der Waals surface area contributed by atoms with Crippen molar-refractivity contribution in [2.75, 3.05) is 13.1 Å². The molecule has 0 saturated carbocycles. The van der Waals surface area contributed by atoms with Crippen molar-refractivity contribution >= 4 is 21.8 Å². The third kappa shape index (κ3) is 1.49. The minimum atomic E-state index is -0.296. The van der Waals surface area contributed by atoms with Crippen LogP contribution in [-0.2, 0) is 4.79 Å². The summed E-state index contributed by atoms with van der Waals surface area (Å²) in [6.07, 6.45) is -0.296. The second kappa shape index (κ2) is 2.88. The number of aliphatic hydroxyl groups excluding tert-OH is 1. The van der Waals surface area contributed by atoms with Crippen LogP contribution in [-0.4, -0.2) is 39.9 Å². The first-order chi connectivity index (χ1) is 4.61. The number of likely N-dealkylation sites (tertiary alicyclic amines) is 1. The van der Waals surface area contributed by atoms with Crippen molar-refractivity contribution < 1.29 is 9.90 Å². The molecule has 0 aliphatic carbocycles. The summed E-state index contributed by atoms with van der Waals surface area (Å²) in [6, 6.07) is 0. The van der Waals surface area contributed by atoms with Crippen molar-refractivity contribution in [2.45, 2.75) is 17.9 Å². The van der Waals surface area contributed by atoms with Gasteiger partial charge >= 0.3 is 0 Å². The highest BCUT2D eigenvalue weighted by Gasteiger charge is 2.30.